The van der Waals surface area contributed by atoms with E-state index in [1.54, 1.807) is 0 Å². The molecule has 1 aromatic heterocycles. The van der Waals surface area contributed by atoms with Crippen LogP contribution in [0.4, 0.5) is 5.95 Å². The van der Waals surface area contributed by atoms with Crippen LogP contribution in [0.2, 0.25) is 0 Å². The quantitative estimate of drug-likeness (QED) is 0.908. The van der Waals surface area contributed by atoms with Gasteiger partial charge in [-0.25, -0.2) is 4.98 Å². The monoisotopic (exact) mass is 286 g/mol. The maximum Gasteiger partial charge on any atom is 0.240 e. The second-order valence-corrected chi connectivity index (χ2v) is 5.66. The lowest BCUT2D eigenvalue weighted by Crippen LogP contribution is -2.38. The number of fused-ring (bicyclic) bond motifs is 1. The molecule has 21 heavy (non-hydrogen) atoms. The van der Waals surface area contributed by atoms with Gasteiger partial charge in [0.05, 0.1) is 11.0 Å². The molecule has 1 saturated carbocycles. The van der Waals surface area contributed by atoms with E-state index in [1.807, 2.05) is 35.9 Å². The van der Waals surface area contributed by atoms with Crippen molar-refractivity contribution in [3.05, 3.63) is 24.3 Å². The number of rotatable bonds is 4. The molecule has 5 nitrogen and oxygen atoms in total. The molecule has 2 aromatic rings. The van der Waals surface area contributed by atoms with E-state index in [4.69, 9.17) is 0 Å². The first-order valence-corrected chi connectivity index (χ1v) is 7.70. The molecule has 1 fully saturated rings. The molecule has 1 amide bonds. The number of imidazole rings is 1. The van der Waals surface area contributed by atoms with Gasteiger partial charge in [0.15, 0.2) is 0 Å². The van der Waals surface area contributed by atoms with Gasteiger partial charge in [0.2, 0.25) is 11.9 Å². The van der Waals surface area contributed by atoms with Gasteiger partial charge in [-0.3, -0.25) is 4.79 Å². The Morgan fingerprint density at radius 3 is 2.81 bits per heavy atom. The molecular formula is C16H22N4O. The third-order valence-electron chi connectivity index (χ3n) is 4.15. The summed E-state index contributed by atoms with van der Waals surface area (Å²) in [7, 11) is 1.83. The largest absolute Gasteiger partial charge is 0.359 e. The zero-order valence-corrected chi connectivity index (χ0v) is 12.4. The van der Waals surface area contributed by atoms with E-state index in [2.05, 4.69) is 15.6 Å². The smallest absolute Gasteiger partial charge is 0.240 e. The number of anilines is 1. The number of nitrogens with one attached hydrogen (secondary N) is 2. The first-order chi connectivity index (χ1) is 10.3. The number of nitrogens with zero attached hydrogens (tertiary/aromatic N) is 2. The fourth-order valence-electron chi connectivity index (χ4n) is 3.09. The standard InChI is InChI=1S/C16H22N4O/c1-17-16-19-13-9-5-6-10-14(13)20(16)11-15(21)18-12-7-3-2-4-8-12/h5-6,9-10,12H,2-4,7-8,11H2,1H3,(H,17,19)(H,18,21). The Morgan fingerprint density at radius 1 is 1.29 bits per heavy atom. The molecule has 0 atom stereocenters. The van der Waals surface area contributed by atoms with E-state index in [-0.39, 0.29) is 5.91 Å². The predicted octanol–water partition coefficient (Wildman–Crippen LogP) is 2.53. The molecule has 3 rings (SSSR count). The average molecular weight is 286 g/mol. The summed E-state index contributed by atoms with van der Waals surface area (Å²) in [5.74, 6) is 0.802. The summed E-state index contributed by atoms with van der Waals surface area (Å²) >= 11 is 0. The number of hydrogen-bond donors (Lipinski definition) is 2. The summed E-state index contributed by atoms with van der Waals surface area (Å²) in [6, 6.07) is 8.24. The Hall–Kier alpha value is -2.04. The van der Waals surface area contributed by atoms with Gasteiger partial charge in [0, 0.05) is 13.1 Å². The average Bonchev–Trinajstić information content (AvgIpc) is 2.86. The Kier molecular flexibility index (Phi) is 4.08. The molecule has 0 aliphatic heterocycles. The normalized spacial score (nSPS) is 16.0. The van der Waals surface area contributed by atoms with Crippen LogP contribution in [0.3, 0.4) is 0 Å². The highest BCUT2D eigenvalue weighted by Crippen LogP contribution is 2.20. The zero-order valence-electron chi connectivity index (χ0n) is 12.4. The topological polar surface area (TPSA) is 59.0 Å². The van der Waals surface area contributed by atoms with Crippen LogP contribution in [-0.4, -0.2) is 28.5 Å². The summed E-state index contributed by atoms with van der Waals surface area (Å²) in [5.41, 5.74) is 1.90. The van der Waals surface area contributed by atoms with Crippen molar-refractivity contribution in [3.8, 4) is 0 Å². The van der Waals surface area contributed by atoms with E-state index in [0.717, 1.165) is 29.8 Å². The minimum absolute atomic E-state index is 0.0709. The molecule has 0 radical (unpaired) electrons. The number of benzene rings is 1. The number of amides is 1. The molecule has 1 heterocycles. The van der Waals surface area contributed by atoms with Gasteiger partial charge in [-0.15, -0.1) is 0 Å². The van der Waals surface area contributed by atoms with Crippen molar-refractivity contribution in [3.63, 3.8) is 0 Å². The molecule has 0 saturated heterocycles. The number of aromatic nitrogens is 2. The highest BCUT2D eigenvalue weighted by molar-refractivity contribution is 5.83. The zero-order chi connectivity index (χ0) is 14.7. The van der Waals surface area contributed by atoms with Gasteiger partial charge < -0.3 is 15.2 Å². The van der Waals surface area contributed by atoms with Gasteiger partial charge in [0.25, 0.3) is 0 Å². The van der Waals surface area contributed by atoms with Crippen molar-refractivity contribution >= 4 is 22.9 Å². The van der Waals surface area contributed by atoms with Crippen molar-refractivity contribution in [1.29, 1.82) is 0 Å². The van der Waals surface area contributed by atoms with E-state index in [1.165, 1.54) is 19.3 Å². The lowest BCUT2D eigenvalue weighted by molar-refractivity contribution is -0.122. The Morgan fingerprint density at radius 2 is 2.05 bits per heavy atom. The SMILES string of the molecule is CNc1nc2ccccc2n1CC(=O)NC1CCCCC1. The van der Waals surface area contributed by atoms with Crippen molar-refractivity contribution < 1.29 is 4.79 Å². The molecule has 2 N–H and O–H groups in total. The molecule has 1 aromatic carbocycles. The third-order valence-corrected chi connectivity index (χ3v) is 4.15. The molecule has 0 bridgehead atoms. The van der Waals surface area contributed by atoms with Crippen LogP contribution in [0.15, 0.2) is 24.3 Å². The van der Waals surface area contributed by atoms with Crippen LogP contribution in [-0.2, 0) is 11.3 Å². The lowest BCUT2D eigenvalue weighted by atomic mass is 9.95. The Balaban J connectivity index is 1.75. The number of para-hydroxylation sites is 2. The minimum atomic E-state index is 0.0709. The van der Waals surface area contributed by atoms with E-state index >= 15 is 0 Å². The summed E-state index contributed by atoms with van der Waals surface area (Å²) in [6.45, 7) is 0.313. The van der Waals surface area contributed by atoms with E-state index in [0.29, 0.717) is 12.6 Å². The second kappa shape index (κ2) is 6.16. The maximum absolute atomic E-state index is 12.3. The Labute approximate surface area is 124 Å². The summed E-state index contributed by atoms with van der Waals surface area (Å²) < 4.78 is 1.94. The summed E-state index contributed by atoms with van der Waals surface area (Å²) in [5, 5.41) is 6.22. The van der Waals surface area contributed by atoms with Gasteiger partial charge in [-0.1, -0.05) is 31.4 Å². The van der Waals surface area contributed by atoms with Crippen molar-refractivity contribution in [2.75, 3.05) is 12.4 Å². The van der Waals surface area contributed by atoms with Crippen LogP contribution in [0.1, 0.15) is 32.1 Å². The fourth-order valence-corrected chi connectivity index (χ4v) is 3.09. The van der Waals surface area contributed by atoms with Crippen LogP contribution in [0.25, 0.3) is 11.0 Å². The Bertz CT molecular complexity index is 628. The lowest BCUT2D eigenvalue weighted by Gasteiger charge is -2.23. The van der Waals surface area contributed by atoms with E-state index < -0.39 is 0 Å². The molecule has 0 unspecified atom stereocenters. The fraction of sp³-hybridized carbons (Fsp3) is 0.500. The van der Waals surface area contributed by atoms with Gasteiger partial charge >= 0.3 is 0 Å². The molecule has 1 aliphatic carbocycles. The van der Waals surface area contributed by atoms with Crippen LogP contribution >= 0.6 is 0 Å². The molecule has 1 aliphatic rings. The number of carbonyl (C=O) groups is 1. The van der Waals surface area contributed by atoms with Crippen LogP contribution in [0.5, 0.6) is 0 Å². The maximum atomic E-state index is 12.3. The van der Waals surface area contributed by atoms with Gasteiger partial charge in [-0.05, 0) is 25.0 Å². The van der Waals surface area contributed by atoms with E-state index in [9.17, 15) is 4.79 Å². The van der Waals surface area contributed by atoms with Crippen molar-refractivity contribution in [2.24, 2.45) is 0 Å². The number of carbonyl (C=O) groups excluding carboxylic acids is 1. The molecule has 112 valence electrons. The van der Waals surface area contributed by atoms with Gasteiger partial charge in [-0.2, -0.15) is 0 Å². The van der Waals surface area contributed by atoms with Crippen molar-refractivity contribution in [1.82, 2.24) is 14.9 Å². The molecular weight excluding hydrogens is 264 g/mol. The van der Waals surface area contributed by atoms with Gasteiger partial charge in [0.1, 0.15) is 6.54 Å². The van der Waals surface area contributed by atoms with Crippen LogP contribution in [0, 0.1) is 0 Å². The summed E-state index contributed by atoms with van der Waals surface area (Å²) in [4.78, 5) is 16.8. The first-order valence-electron chi connectivity index (χ1n) is 7.70. The third kappa shape index (κ3) is 3.01. The summed E-state index contributed by atoms with van der Waals surface area (Å²) in [6.07, 6.45) is 5.95. The van der Waals surface area contributed by atoms with Crippen molar-refractivity contribution in [2.45, 2.75) is 44.7 Å². The molecule has 5 heteroatoms. The molecule has 0 spiro atoms. The first kappa shape index (κ1) is 13.9. The number of hydrogen-bond acceptors (Lipinski definition) is 3. The minimum Gasteiger partial charge on any atom is -0.359 e. The second-order valence-electron chi connectivity index (χ2n) is 5.66. The predicted molar refractivity (Wildman–Crippen MR) is 84.3 cm³/mol. The highest BCUT2D eigenvalue weighted by atomic mass is 16.2. The highest BCUT2D eigenvalue weighted by Gasteiger charge is 2.17. The van der Waals surface area contributed by atoms with Crippen LogP contribution < -0.4 is 10.6 Å².